The van der Waals surface area contributed by atoms with Gasteiger partial charge < -0.3 is 9.30 Å². The lowest BCUT2D eigenvalue weighted by atomic mass is 10.1. The Kier molecular flexibility index (Phi) is 10.4. The lowest BCUT2D eigenvalue weighted by molar-refractivity contribution is 0.0526. The molecule has 9 aromatic carbocycles. The van der Waals surface area contributed by atoms with E-state index in [0.29, 0.717) is 12.2 Å². The van der Waals surface area contributed by atoms with E-state index in [4.69, 9.17) is 4.74 Å². The minimum absolute atomic E-state index is 0.315. The Hall–Kier alpha value is -7.32. The molecule has 0 atom stereocenters. The van der Waals surface area contributed by atoms with Gasteiger partial charge in [-0.15, -0.1) is 0 Å². The first-order valence-corrected chi connectivity index (χ1v) is 25.3. The highest BCUT2D eigenvalue weighted by Gasteiger charge is 2.43. The summed E-state index contributed by atoms with van der Waals surface area (Å²) in [6, 6.07) is 88.8. The highest BCUT2D eigenvalue weighted by Crippen LogP contribution is 2.33. The second-order valence-electron chi connectivity index (χ2n) is 15.8. The molecule has 0 aliphatic heterocycles. The maximum atomic E-state index is 13.2. The number of rotatable bonds is 11. The number of aromatic nitrogens is 1. The van der Waals surface area contributed by atoms with Crippen molar-refractivity contribution in [3.63, 3.8) is 0 Å². The van der Waals surface area contributed by atoms with Crippen LogP contribution in [-0.4, -0.2) is 33.3 Å². The van der Waals surface area contributed by atoms with Crippen molar-refractivity contribution in [3.05, 3.63) is 248 Å². The van der Waals surface area contributed by atoms with Crippen molar-refractivity contribution in [3.8, 4) is 5.69 Å². The molecule has 62 heavy (non-hydrogen) atoms. The lowest BCUT2D eigenvalue weighted by Crippen LogP contribution is -2.74. The summed E-state index contributed by atoms with van der Waals surface area (Å²) in [5.41, 5.74) is 3.59. The largest absolute Gasteiger partial charge is 0.462 e. The number of carbonyl (C=O) groups excluding carboxylic acids is 1. The number of fused-ring (bicyclic) bond motifs is 3. The average molecular weight is 832 g/mol. The Labute approximate surface area is 365 Å². The number of hydrogen-bond acceptors (Lipinski definition) is 2. The number of ether oxygens (including phenoxy) is 1. The normalized spacial score (nSPS) is 11.8. The molecule has 0 unspecified atom stereocenters. The molecule has 0 N–H and O–H groups in total. The van der Waals surface area contributed by atoms with Gasteiger partial charge in [0.2, 0.25) is 0 Å². The van der Waals surface area contributed by atoms with Gasteiger partial charge in [0.1, 0.15) is 0 Å². The molecule has 298 valence electrons. The Balaban J connectivity index is 1.34. The molecule has 0 saturated heterocycles. The zero-order valence-corrected chi connectivity index (χ0v) is 36.6. The molecule has 5 heteroatoms. The quantitative estimate of drug-likeness (QED) is 0.0761. The molecule has 3 nitrogen and oxygen atoms in total. The van der Waals surface area contributed by atoms with Crippen LogP contribution >= 0.6 is 0 Å². The van der Waals surface area contributed by atoms with E-state index in [1.165, 1.54) is 41.5 Å². The van der Waals surface area contributed by atoms with Gasteiger partial charge in [-0.1, -0.05) is 212 Å². The SMILES string of the molecule is CCOC(=O)c1cccc(-n2c3ccc([Si](c4ccccc4)(c4ccccc4)c4ccccc4)cc3c3cc([Si](c4ccccc4)(c4ccccc4)c4ccccc4)ccc32)c1. The Morgan fingerprint density at radius 2 is 0.726 bits per heavy atom. The van der Waals surface area contributed by atoms with Gasteiger partial charge in [0.25, 0.3) is 0 Å². The molecular weight excluding hydrogens is 787 g/mol. The summed E-state index contributed by atoms with van der Waals surface area (Å²) in [5.74, 6) is -0.326. The van der Waals surface area contributed by atoms with Gasteiger partial charge in [0.15, 0.2) is 16.1 Å². The first kappa shape index (κ1) is 38.9. The molecule has 0 fully saturated rings. The molecule has 0 bridgehead atoms. The van der Waals surface area contributed by atoms with Gasteiger partial charge in [-0.25, -0.2) is 4.79 Å². The second kappa shape index (κ2) is 16.6. The lowest BCUT2D eigenvalue weighted by Gasteiger charge is -2.34. The van der Waals surface area contributed by atoms with E-state index >= 15 is 0 Å². The molecule has 0 spiro atoms. The van der Waals surface area contributed by atoms with Crippen LogP contribution in [0.15, 0.2) is 243 Å². The van der Waals surface area contributed by atoms with Crippen LogP contribution in [0.1, 0.15) is 17.3 Å². The van der Waals surface area contributed by atoms with E-state index < -0.39 is 16.1 Å². The van der Waals surface area contributed by atoms with Crippen molar-refractivity contribution in [2.45, 2.75) is 6.92 Å². The standard InChI is InChI=1S/C57H45NO2Si2/c1-2-60-57(59)43-22-21-23-44(40-43)58-55-38-36-51(61(45-24-9-3-10-25-45,46-26-11-4-12-27-46)47-28-13-5-14-29-47)41-53(55)54-42-52(37-39-56(54)58)62(48-30-15-6-16-31-48,49-32-17-7-18-33-49)50-34-19-8-20-35-50/h3-42H,2H2,1H3. The topological polar surface area (TPSA) is 31.2 Å². The van der Waals surface area contributed by atoms with Crippen molar-refractivity contribution in [2.75, 3.05) is 6.61 Å². The summed E-state index contributed by atoms with van der Waals surface area (Å²) in [6.45, 7) is 2.16. The molecule has 1 aromatic heterocycles. The molecule has 0 radical (unpaired) electrons. The van der Waals surface area contributed by atoms with Crippen LogP contribution in [0.25, 0.3) is 27.5 Å². The summed E-state index contributed by atoms with van der Waals surface area (Å²) in [5, 5.41) is 12.9. The van der Waals surface area contributed by atoms with Crippen molar-refractivity contribution in [2.24, 2.45) is 0 Å². The summed E-state index contributed by atoms with van der Waals surface area (Å²) >= 11 is 0. The predicted molar refractivity (Wildman–Crippen MR) is 264 cm³/mol. The molecule has 0 aliphatic rings. The van der Waals surface area contributed by atoms with E-state index in [1.54, 1.807) is 0 Å². The van der Waals surface area contributed by atoms with Crippen LogP contribution in [0.2, 0.25) is 0 Å². The minimum atomic E-state index is -2.88. The molecule has 1 heterocycles. The third kappa shape index (κ3) is 6.45. The highest BCUT2D eigenvalue weighted by atomic mass is 28.3. The Bertz CT molecular complexity index is 2760. The summed E-state index contributed by atoms with van der Waals surface area (Å²) in [6.07, 6.45) is 0. The van der Waals surface area contributed by atoms with Crippen LogP contribution in [0, 0.1) is 0 Å². The number of esters is 1. The Morgan fingerprint density at radius 3 is 1.05 bits per heavy atom. The zero-order chi connectivity index (χ0) is 41.9. The van der Waals surface area contributed by atoms with Crippen molar-refractivity contribution >= 4 is 85.4 Å². The molecule has 10 aromatic rings. The first-order chi connectivity index (χ1) is 30.6. The second-order valence-corrected chi connectivity index (χ2v) is 23.4. The number of hydrogen-bond donors (Lipinski definition) is 0. The fraction of sp³-hybridized carbons (Fsp3) is 0.0351. The van der Waals surface area contributed by atoms with Crippen LogP contribution in [-0.2, 0) is 4.74 Å². The van der Waals surface area contributed by atoms with Crippen molar-refractivity contribution in [1.29, 1.82) is 0 Å². The van der Waals surface area contributed by atoms with Crippen LogP contribution in [0.3, 0.4) is 0 Å². The maximum absolute atomic E-state index is 13.2. The molecule has 10 rings (SSSR count). The molecular formula is C57H45NO2Si2. The van der Waals surface area contributed by atoms with Crippen LogP contribution in [0.4, 0.5) is 0 Å². The highest BCUT2D eigenvalue weighted by molar-refractivity contribution is 7.20. The summed E-state index contributed by atoms with van der Waals surface area (Å²) in [4.78, 5) is 13.2. The van der Waals surface area contributed by atoms with Gasteiger partial charge >= 0.3 is 5.97 Å². The Morgan fingerprint density at radius 1 is 0.387 bits per heavy atom. The summed E-state index contributed by atoms with van der Waals surface area (Å²) in [7, 11) is -5.76. The predicted octanol–water partition coefficient (Wildman–Crippen LogP) is 7.72. The van der Waals surface area contributed by atoms with E-state index in [0.717, 1.165) is 27.5 Å². The summed E-state index contributed by atoms with van der Waals surface area (Å²) < 4.78 is 7.82. The van der Waals surface area contributed by atoms with Crippen molar-refractivity contribution < 1.29 is 9.53 Å². The molecule has 0 saturated carbocycles. The van der Waals surface area contributed by atoms with Crippen LogP contribution in [0.5, 0.6) is 0 Å². The van der Waals surface area contributed by atoms with E-state index in [-0.39, 0.29) is 5.97 Å². The molecule has 0 aliphatic carbocycles. The third-order valence-corrected chi connectivity index (χ3v) is 22.0. The maximum Gasteiger partial charge on any atom is 0.338 e. The van der Waals surface area contributed by atoms with Gasteiger partial charge in [-0.2, -0.15) is 0 Å². The van der Waals surface area contributed by atoms with E-state index in [2.05, 4.69) is 229 Å². The van der Waals surface area contributed by atoms with Gasteiger partial charge in [0, 0.05) is 16.5 Å². The number of benzene rings is 9. The van der Waals surface area contributed by atoms with E-state index in [9.17, 15) is 4.79 Å². The van der Waals surface area contributed by atoms with Gasteiger partial charge in [-0.05, 0) is 78.7 Å². The smallest absolute Gasteiger partial charge is 0.338 e. The third-order valence-electron chi connectivity index (χ3n) is 12.5. The zero-order valence-electron chi connectivity index (χ0n) is 34.6. The number of nitrogens with zero attached hydrogens (tertiary/aromatic N) is 1. The first-order valence-electron chi connectivity index (χ1n) is 21.3. The monoisotopic (exact) mass is 831 g/mol. The van der Waals surface area contributed by atoms with Gasteiger partial charge in [0.05, 0.1) is 23.2 Å². The fourth-order valence-electron chi connectivity index (χ4n) is 9.88. The van der Waals surface area contributed by atoms with E-state index in [1.807, 2.05) is 25.1 Å². The van der Waals surface area contributed by atoms with Crippen molar-refractivity contribution in [1.82, 2.24) is 4.57 Å². The average Bonchev–Trinajstić information content (AvgIpc) is 3.67. The molecule has 0 amide bonds. The van der Waals surface area contributed by atoms with Gasteiger partial charge in [-0.3, -0.25) is 0 Å². The van der Waals surface area contributed by atoms with Crippen LogP contribution < -0.4 is 41.5 Å². The number of carbonyl (C=O) groups is 1. The minimum Gasteiger partial charge on any atom is -0.462 e. The fourth-order valence-corrected chi connectivity index (χ4v) is 19.4.